The number of carbonyl (C=O) groups excluding carboxylic acids is 1. The van der Waals surface area contributed by atoms with Crippen LogP contribution in [-0.4, -0.2) is 48.3 Å². The summed E-state index contributed by atoms with van der Waals surface area (Å²) < 4.78 is 5.42. The monoisotopic (exact) mass is 493 g/mol. The number of esters is 1. The second-order valence-electron chi connectivity index (χ2n) is 8.58. The summed E-state index contributed by atoms with van der Waals surface area (Å²) in [5.41, 5.74) is 4.97. The van der Waals surface area contributed by atoms with E-state index in [1.54, 1.807) is 11.3 Å². The SMILES string of the molecule is CCOC(=O)c1c(NC(=S)N2CCN(c3ccc(C)cc3)C(C)C2)sc(C)c1-c1ccccc1. The number of benzene rings is 2. The van der Waals surface area contributed by atoms with Gasteiger partial charge in [-0.15, -0.1) is 11.3 Å². The number of nitrogens with zero attached hydrogens (tertiary/aromatic N) is 2. The molecule has 0 aliphatic carbocycles. The van der Waals surface area contributed by atoms with Gasteiger partial charge in [0.25, 0.3) is 0 Å². The maximum Gasteiger partial charge on any atom is 0.341 e. The van der Waals surface area contributed by atoms with Crippen LogP contribution in [0.1, 0.15) is 34.6 Å². The van der Waals surface area contributed by atoms with Crippen LogP contribution in [0, 0.1) is 13.8 Å². The molecule has 1 aromatic heterocycles. The van der Waals surface area contributed by atoms with Crippen molar-refractivity contribution in [2.75, 3.05) is 36.5 Å². The fourth-order valence-corrected chi connectivity index (χ4v) is 5.82. The van der Waals surface area contributed by atoms with Crippen molar-refractivity contribution in [1.29, 1.82) is 0 Å². The zero-order valence-electron chi connectivity index (χ0n) is 20.1. The maximum absolute atomic E-state index is 13.0. The average molecular weight is 494 g/mol. The Morgan fingerprint density at radius 2 is 1.82 bits per heavy atom. The molecule has 0 bridgehead atoms. The number of hydrogen-bond acceptors (Lipinski definition) is 5. The molecule has 0 spiro atoms. The predicted octanol–water partition coefficient (Wildman–Crippen LogP) is 6.12. The van der Waals surface area contributed by atoms with Gasteiger partial charge in [0.05, 0.1) is 6.61 Å². The molecule has 0 amide bonds. The van der Waals surface area contributed by atoms with Gasteiger partial charge in [0.2, 0.25) is 0 Å². The topological polar surface area (TPSA) is 44.8 Å². The lowest BCUT2D eigenvalue weighted by Crippen LogP contribution is -2.54. The van der Waals surface area contributed by atoms with Gasteiger partial charge in [-0.05, 0) is 57.6 Å². The molecule has 0 radical (unpaired) electrons. The van der Waals surface area contributed by atoms with E-state index < -0.39 is 0 Å². The van der Waals surface area contributed by atoms with E-state index in [0.717, 1.165) is 40.6 Å². The van der Waals surface area contributed by atoms with Gasteiger partial charge in [0, 0.05) is 41.8 Å². The number of aryl methyl sites for hydroxylation is 2. The molecular weight excluding hydrogens is 462 g/mol. The molecule has 3 aromatic rings. The van der Waals surface area contributed by atoms with Gasteiger partial charge in [0.1, 0.15) is 10.6 Å². The van der Waals surface area contributed by atoms with Gasteiger partial charge in [-0.25, -0.2) is 4.79 Å². The number of nitrogens with one attached hydrogen (secondary N) is 1. The van der Waals surface area contributed by atoms with Gasteiger partial charge < -0.3 is 19.9 Å². The van der Waals surface area contributed by atoms with Crippen molar-refractivity contribution in [3.63, 3.8) is 0 Å². The van der Waals surface area contributed by atoms with Crippen LogP contribution in [0.3, 0.4) is 0 Å². The standard InChI is InChI=1S/C27H31N3O2S2/c1-5-32-26(31)24-23(21-9-7-6-8-10-21)20(4)34-25(24)28-27(33)29-15-16-30(19(3)17-29)22-13-11-18(2)12-14-22/h6-14,19H,5,15-17H2,1-4H3,(H,28,33). The van der Waals surface area contributed by atoms with Crippen LogP contribution >= 0.6 is 23.6 Å². The Morgan fingerprint density at radius 3 is 2.47 bits per heavy atom. The number of piperazine rings is 1. The van der Waals surface area contributed by atoms with Crippen LogP contribution in [0.2, 0.25) is 0 Å². The van der Waals surface area contributed by atoms with E-state index in [1.807, 2.05) is 44.2 Å². The second-order valence-corrected chi connectivity index (χ2v) is 10.2. The fourth-order valence-electron chi connectivity index (χ4n) is 4.42. The number of hydrogen-bond donors (Lipinski definition) is 1. The van der Waals surface area contributed by atoms with Crippen LogP contribution in [0.25, 0.3) is 11.1 Å². The minimum atomic E-state index is -0.325. The Hall–Kier alpha value is -2.90. The van der Waals surface area contributed by atoms with Crippen molar-refractivity contribution >= 4 is 45.3 Å². The molecule has 4 rings (SSSR count). The summed E-state index contributed by atoms with van der Waals surface area (Å²) in [7, 11) is 0. The van der Waals surface area contributed by atoms with E-state index in [0.29, 0.717) is 23.3 Å². The minimum absolute atomic E-state index is 0.311. The summed E-state index contributed by atoms with van der Waals surface area (Å²) in [6, 6.07) is 19.0. The highest BCUT2D eigenvalue weighted by Crippen LogP contribution is 2.40. The predicted molar refractivity (Wildman–Crippen MR) is 146 cm³/mol. The summed E-state index contributed by atoms with van der Waals surface area (Å²) in [6.45, 7) is 11.0. The van der Waals surface area contributed by atoms with Gasteiger partial charge in [0.15, 0.2) is 5.11 Å². The summed E-state index contributed by atoms with van der Waals surface area (Å²) in [4.78, 5) is 18.7. The Kier molecular flexibility index (Phi) is 7.54. The van der Waals surface area contributed by atoms with Crippen LogP contribution in [0.5, 0.6) is 0 Å². The van der Waals surface area contributed by atoms with Crippen molar-refractivity contribution < 1.29 is 9.53 Å². The summed E-state index contributed by atoms with van der Waals surface area (Å²) >= 11 is 7.36. The smallest absolute Gasteiger partial charge is 0.341 e. The number of ether oxygens (including phenoxy) is 1. The number of thiocarbonyl (C=S) groups is 1. The van der Waals surface area contributed by atoms with E-state index in [9.17, 15) is 4.79 Å². The van der Waals surface area contributed by atoms with Crippen LogP contribution in [0.4, 0.5) is 10.7 Å². The molecule has 34 heavy (non-hydrogen) atoms. The van der Waals surface area contributed by atoms with Crippen molar-refractivity contribution in [1.82, 2.24) is 4.90 Å². The van der Waals surface area contributed by atoms with E-state index in [4.69, 9.17) is 17.0 Å². The molecule has 7 heteroatoms. The molecule has 2 aromatic carbocycles. The van der Waals surface area contributed by atoms with E-state index in [1.165, 1.54) is 11.3 Å². The Balaban J connectivity index is 1.54. The summed E-state index contributed by atoms with van der Waals surface area (Å²) in [5, 5.41) is 4.77. The third-order valence-electron chi connectivity index (χ3n) is 6.13. The Labute approximate surface area is 211 Å². The minimum Gasteiger partial charge on any atom is -0.462 e. The molecule has 1 fully saturated rings. The average Bonchev–Trinajstić information content (AvgIpc) is 3.16. The van der Waals surface area contributed by atoms with Crippen LogP contribution in [0.15, 0.2) is 54.6 Å². The lowest BCUT2D eigenvalue weighted by atomic mass is 10.0. The van der Waals surface area contributed by atoms with Gasteiger partial charge >= 0.3 is 5.97 Å². The first kappa shape index (κ1) is 24.2. The molecule has 1 unspecified atom stereocenters. The van der Waals surface area contributed by atoms with Crippen LogP contribution < -0.4 is 10.2 Å². The molecule has 0 saturated carbocycles. The molecular formula is C27H31N3O2S2. The lowest BCUT2D eigenvalue weighted by molar-refractivity contribution is 0.0529. The summed E-state index contributed by atoms with van der Waals surface area (Å²) in [5.74, 6) is -0.325. The Morgan fingerprint density at radius 1 is 1.12 bits per heavy atom. The van der Waals surface area contributed by atoms with Gasteiger partial charge in [-0.2, -0.15) is 0 Å². The largest absolute Gasteiger partial charge is 0.462 e. The van der Waals surface area contributed by atoms with Crippen molar-refractivity contribution in [3.05, 3.63) is 70.6 Å². The normalized spacial score (nSPS) is 15.8. The lowest BCUT2D eigenvalue weighted by Gasteiger charge is -2.42. The third kappa shape index (κ3) is 5.10. The first-order valence-electron chi connectivity index (χ1n) is 11.6. The molecule has 5 nitrogen and oxygen atoms in total. The van der Waals surface area contributed by atoms with Crippen molar-refractivity contribution in [2.45, 2.75) is 33.7 Å². The molecule has 1 aliphatic heterocycles. The van der Waals surface area contributed by atoms with E-state index >= 15 is 0 Å². The highest BCUT2D eigenvalue weighted by atomic mass is 32.1. The quantitative estimate of drug-likeness (QED) is 0.341. The van der Waals surface area contributed by atoms with E-state index in [-0.39, 0.29) is 5.97 Å². The zero-order valence-corrected chi connectivity index (χ0v) is 21.8. The summed E-state index contributed by atoms with van der Waals surface area (Å²) in [6.07, 6.45) is 0. The number of carbonyl (C=O) groups is 1. The molecule has 1 saturated heterocycles. The van der Waals surface area contributed by atoms with Crippen molar-refractivity contribution in [3.8, 4) is 11.1 Å². The molecule has 1 aliphatic rings. The zero-order chi connectivity index (χ0) is 24.2. The highest BCUT2D eigenvalue weighted by molar-refractivity contribution is 7.80. The number of thiophene rings is 1. The van der Waals surface area contributed by atoms with Crippen molar-refractivity contribution in [2.24, 2.45) is 0 Å². The highest BCUT2D eigenvalue weighted by Gasteiger charge is 2.28. The Bertz CT molecular complexity index is 1160. The molecule has 178 valence electrons. The fraction of sp³-hybridized carbons (Fsp3) is 0.333. The maximum atomic E-state index is 13.0. The van der Waals surface area contributed by atoms with E-state index in [2.05, 4.69) is 53.2 Å². The molecule has 1 N–H and O–H groups in total. The molecule has 1 atom stereocenters. The number of rotatable bonds is 5. The number of anilines is 2. The molecule has 2 heterocycles. The van der Waals surface area contributed by atoms with Crippen LogP contribution in [-0.2, 0) is 4.74 Å². The van der Waals surface area contributed by atoms with Gasteiger partial charge in [-0.1, -0.05) is 48.0 Å². The second kappa shape index (κ2) is 10.6. The third-order valence-corrected chi connectivity index (χ3v) is 7.51. The first-order valence-corrected chi connectivity index (χ1v) is 12.9. The van der Waals surface area contributed by atoms with Gasteiger partial charge in [-0.3, -0.25) is 0 Å². The first-order chi connectivity index (χ1) is 16.4.